The molecule has 2 aliphatic heterocycles. The van der Waals surface area contributed by atoms with Gasteiger partial charge in [0.25, 0.3) is 0 Å². The lowest BCUT2D eigenvalue weighted by atomic mass is 9.80. The molecule has 2 fully saturated rings. The molecule has 0 bridgehead atoms. The Morgan fingerprint density at radius 1 is 1.21 bits per heavy atom. The highest BCUT2D eigenvalue weighted by Gasteiger charge is 2.40. The molecule has 0 radical (unpaired) electrons. The fourth-order valence-corrected chi connectivity index (χ4v) is 3.38. The van der Waals surface area contributed by atoms with Gasteiger partial charge in [-0.2, -0.15) is 0 Å². The normalized spacial score (nSPS) is 32.2. The number of imide groups is 1. The predicted octanol–water partition coefficient (Wildman–Crippen LogP) is 0.665. The summed E-state index contributed by atoms with van der Waals surface area (Å²) in [7, 11) is 0. The van der Waals surface area contributed by atoms with Gasteiger partial charge in [0.2, 0.25) is 11.8 Å². The summed E-state index contributed by atoms with van der Waals surface area (Å²) in [5.41, 5.74) is 1.27. The highest BCUT2D eigenvalue weighted by molar-refractivity contribution is 6.03. The van der Waals surface area contributed by atoms with Crippen LogP contribution < -0.4 is 5.32 Å². The van der Waals surface area contributed by atoms with Gasteiger partial charge in [-0.15, -0.1) is 0 Å². The van der Waals surface area contributed by atoms with Crippen LogP contribution in [0.4, 0.5) is 0 Å². The van der Waals surface area contributed by atoms with Gasteiger partial charge in [0.15, 0.2) is 0 Å². The van der Waals surface area contributed by atoms with Gasteiger partial charge in [0.05, 0.1) is 19.1 Å². The van der Waals surface area contributed by atoms with E-state index in [0.29, 0.717) is 6.42 Å². The van der Waals surface area contributed by atoms with Crippen molar-refractivity contribution < 1.29 is 14.3 Å². The van der Waals surface area contributed by atoms with Gasteiger partial charge in [0, 0.05) is 31.1 Å². The Balaban J connectivity index is 1.78. The number of amides is 2. The quantitative estimate of drug-likeness (QED) is 0.745. The summed E-state index contributed by atoms with van der Waals surface area (Å²) in [6.45, 7) is 3.29. The molecule has 2 saturated heterocycles. The van der Waals surface area contributed by atoms with E-state index in [9.17, 15) is 9.59 Å². The summed E-state index contributed by atoms with van der Waals surface area (Å²) in [5, 5.41) is 2.44. The molecule has 5 nitrogen and oxygen atoms in total. The Labute approximate surface area is 113 Å². The van der Waals surface area contributed by atoms with E-state index in [1.165, 1.54) is 5.70 Å². The van der Waals surface area contributed by atoms with Gasteiger partial charge in [0.1, 0.15) is 0 Å². The molecule has 19 heavy (non-hydrogen) atoms. The van der Waals surface area contributed by atoms with Crippen molar-refractivity contribution in [1.29, 1.82) is 0 Å². The Morgan fingerprint density at radius 2 is 2.00 bits per heavy atom. The molecule has 0 aromatic rings. The highest BCUT2D eigenvalue weighted by Crippen LogP contribution is 2.36. The van der Waals surface area contributed by atoms with Crippen LogP contribution in [0, 0.1) is 11.8 Å². The van der Waals surface area contributed by atoms with Crippen LogP contribution in [0.3, 0.4) is 0 Å². The molecular weight excluding hydrogens is 244 g/mol. The molecule has 0 aromatic carbocycles. The van der Waals surface area contributed by atoms with E-state index >= 15 is 0 Å². The minimum atomic E-state index is -0.165. The molecule has 2 amide bonds. The fraction of sp³-hybridized carbons (Fsp3) is 0.714. The topological polar surface area (TPSA) is 58.6 Å². The monoisotopic (exact) mass is 264 g/mol. The third kappa shape index (κ3) is 2.52. The Morgan fingerprint density at radius 3 is 2.68 bits per heavy atom. The summed E-state index contributed by atoms with van der Waals surface area (Å²) in [5.74, 6) is -0.168. The molecule has 0 unspecified atom stereocenters. The second-order valence-electron chi connectivity index (χ2n) is 5.49. The predicted molar refractivity (Wildman–Crippen MR) is 69.1 cm³/mol. The first-order valence-electron chi connectivity index (χ1n) is 7.12. The maximum Gasteiger partial charge on any atom is 0.230 e. The van der Waals surface area contributed by atoms with Crippen molar-refractivity contribution in [2.75, 3.05) is 26.3 Å². The zero-order chi connectivity index (χ0) is 13.2. The first-order chi connectivity index (χ1) is 9.25. The molecule has 3 aliphatic rings. The molecule has 0 saturated carbocycles. The first-order valence-corrected chi connectivity index (χ1v) is 7.12. The lowest BCUT2D eigenvalue weighted by Gasteiger charge is -2.38. The zero-order valence-corrected chi connectivity index (χ0v) is 11.1. The highest BCUT2D eigenvalue weighted by atomic mass is 16.5. The van der Waals surface area contributed by atoms with Crippen LogP contribution in [-0.4, -0.2) is 43.0 Å². The second-order valence-corrected chi connectivity index (χ2v) is 5.49. The molecule has 1 aliphatic carbocycles. The Kier molecular flexibility index (Phi) is 3.55. The molecule has 1 N–H and O–H groups in total. The average Bonchev–Trinajstić information content (AvgIpc) is 2.79. The first kappa shape index (κ1) is 12.7. The molecule has 104 valence electrons. The molecule has 0 spiro atoms. The molecule has 3 rings (SSSR count). The van der Waals surface area contributed by atoms with E-state index in [0.717, 1.165) is 45.6 Å². The summed E-state index contributed by atoms with van der Waals surface area (Å²) < 4.78 is 5.39. The van der Waals surface area contributed by atoms with Gasteiger partial charge in [-0.1, -0.05) is 6.08 Å². The SMILES string of the molecule is O=C1C[C@@H]([C@@H]2CCCC=C2N2CCOCC2)C(=O)N1. The van der Waals surface area contributed by atoms with Crippen LogP contribution in [-0.2, 0) is 14.3 Å². The van der Waals surface area contributed by atoms with Crippen molar-refractivity contribution in [3.05, 3.63) is 11.8 Å². The largest absolute Gasteiger partial charge is 0.378 e. The minimum Gasteiger partial charge on any atom is -0.378 e. The van der Waals surface area contributed by atoms with Gasteiger partial charge in [-0.25, -0.2) is 0 Å². The lowest BCUT2D eigenvalue weighted by molar-refractivity contribution is -0.126. The zero-order valence-electron chi connectivity index (χ0n) is 11.1. The van der Waals surface area contributed by atoms with E-state index in [4.69, 9.17) is 4.74 Å². The van der Waals surface area contributed by atoms with Crippen LogP contribution in [0.15, 0.2) is 11.8 Å². The van der Waals surface area contributed by atoms with E-state index in [1.54, 1.807) is 0 Å². The smallest absolute Gasteiger partial charge is 0.230 e. The standard InChI is InChI=1S/C14H20N2O3/c17-13-9-11(14(18)15-13)10-3-1-2-4-12(10)16-5-7-19-8-6-16/h4,10-11H,1-3,5-9H2,(H,15,17,18)/t10-,11-/m0/s1. The number of nitrogens with zero attached hydrogens (tertiary/aromatic N) is 1. The fourth-order valence-electron chi connectivity index (χ4n) is 3.38. The van der Waals surface area contributed by atoms with Gasteiger partial charge < -0.3 is 9.64 Å². The molecule has 2 atom stereocenters. The summed E-state index contributed by atoms with van der Waals surface area (Å²) in [4.78, 5) is 25.7. The van der Waals surface area contributed by atoms with Gasteiger partial charge in [-0.05, 0) is 19.3 Å². The molecule has 2 heterocycles. The number of carbonyl (C=O) groups is 2. The Hall–Kier alpha value is -1.36. The van der Waals surface area contributed by atoms with Crippen LogP contribution >= 0.6 is 0 Å². The van der Waals surface area contributed by atoms with Crippen LogP contribution in [0.5, 0.6) is 0 Å². The number of hydrogen-bond donors (Lipinski definition) is 1. The summed E-state index contributed by atoms with van der Waals surface area (Å²) in [6.07, 6.45) is 5.80. The molecule has 0 aromatic heterocycles. The number of morpholine rings is 1. The molecule has 5 heteroatoms. The third-order valence-corrected chi connectivity index (χ3v) is 4.32. The number of rotatable bonds is 2. The van der Waals surface area contributed by atoms with Crippen molar-refractivity contribution in [2.45, 2.75) is 25.7 Å². The van der Waals surface area contributed by atoms with Gasteiger partial charge in [-0.3, -0.25) is 14.9 Å². The van der Waals surface area contributed by atoms with Crippen molar-refractivity contribution >= 4 is 11.8 Å². The minimum absolute atomic E-state index is 0.0870. The van der Waals surface area contributed by atoms with Gasteiger partial charge >= 0.3 is 0 Å². The number of nitrogens with one attached hydrogen (secondary N) is 1. The summed E-state index contributed by atoms with van der Waals surface area (Å²) >= 11 is 0. The van der Waals surface area contributed by atoms with Crippen molar-refractivity contribution in [2.24, 2.45) is 11.8 Å². The lowest BCUT2D eigenvalue weighted by Crippen LogP contribution is -2.41. The second kappa shape index (κ2) is 5.33. The third-order valence-electron chi connectivity index (χ3n) is 4.32. The average molecular weight is 264 g/mol. The van der Waals surface area contributed by atoms with E-state index in [1.807, 2.05) is 0 Å². The summed E-state index contributed by atoms with van der Waals surface area (Å²) in [6, 6.07) is 0. The van der Waals surface area contributed by atoms with Crippen LogP contribution in [0.1, 0.15) is 25.7 Å². The van der Waals surface area contributed by atoms with E-state index < -0.39 is 0 Å². The maximum absolute atomic E-state index is 11.9. The van der Waals surface area contributed by atoms with E-state index in [-0.39, 0.29) is 23.7 Å². The van der Waals surface area contributed by atoms with Crippen molar-refractivity contribution in [3.8, 4) is 0 Å². The number of ether oxygens (including phenoxy) is 1. The maximum atomic E-state index is 11.9. The number of carbonyl (C=O) groups excluding carboxylic acids is 2. The number of allylic oxidation sites excluding steroid dienone is 2. The number of hydrogen-bond acceptors (Lipinski definition) is 4. The van der Waals surface area contributed by atoms with Crippen LogP contribution in [0.25, 0.3) is 0 Å². The van der Waals surface area contributed by atoms with Crippen molar-refractivity contribution in [1.82, 2.24) is 10.2 Å². The van der Waals surface area contributed by atoms with E-state index in [2.05, 4.69) is 16.3 Å². The van der Waals surface area contributed by atoms with Crippen molar-refractivity contribution in [3.63, 3.8) is 0 Å². The molecular formula is C14H20N2O3. The van der Waals surface area contributed by atoms with Crippen LogP contribution in [0.2, 0.25) is 0 Å². The Bertz CT molecular complexity index is 413.